The van der Waals surface area contributed by atoms with Crippen molar-refractivity contribution >= 4 is 65.2 Å². The van der Waals surface area contributed by atoms with Gasteiger partial charge >= 0.3 is 0 Å². The molecule has 5 rings (SSSR count). The topological polar surface area (TPSA) is 89.6 Å². The molecule has 2 aromatic heterocycles. The number of hydrogen-bond donors (Lipinski definition) is 2. The van der Waals surface area contributed by atoms with E-state index in [9.17, 15) is 4.79 Å². The normalized spacial score (nSPS) is 18.7. The van der Waals surface area contributed by atoms with E-state index in [4.69, 9.17) is 14.9 Å². The zero-order valence-electron chi connectivity index (χ0n) is 18.8. The van der Waals surface area contributed by atoms with E-state index in [-0.39, 0.29) is 5.91 Å². The minimum atomic E-state index is -2.06. The van der Waals surface area contributed by atoms with E-state index in [0.717, 1.165) is 48.0 Å². The SMILES string of the molecule is CCCSC1=Nc2ccc(NC(=O)c3cc4cccnc4s3)cc2S1(N)c1cccc(OC)c1. The number of pyridine rings is 1. The molecule has 1 aliphatic rings. The number of aromatic nitrogens is 1. The van der Waals surface area contributed by atoms with Crippen LogP contribution in [0.25, 0.3) is 10.2 Å². The van der Waals surface area contributed by atoms with Gasteiger partial charge in [-0.3, -0.25) is 9.93 Å². The molecule has 6 nitrogen and oxygen atoms in total. The third-order valence-corrected chi connectivity index (χ3v) is 11.2. The maximum absolute atomic E-state index is 13.0. The van der Waals surface area contributed by atoms with Gasteiger partial charge in [-0.05, 0) is 60.7 Å². The van der Waals surface area contributed by atoms with Crippen LogP contribution < -0.4 is 15.2 Å². The molecule has 0 saturated carbocycles. The van der Waals surface area contributed by atoms with Crippen molar-refractivity contribution < 1.29 is 9.53 Å². The molecular formula is C25H24N4O2S3. The van der Waals surface area contributed by atoms with E-state index in [1.165, 1.54) is 11.3 Å². The second kappa shape index (κ2) is 9.42. The van der Waals surface area contributed by atoms with Gasteiger partial charge in [0.1, 0.15) is 15.0 Å². The van der Waals surface area contributed by atoms with Crippen molar-refractivity contribution in [3.05, 3.63) is 71.7 Å². The fourth-order valence-corrected chi connectivity index (χ4v) is 8.96. The third kappa shape index (κ3) is 4.09. The standard InChI is InChI=1S/C25H24N4O2S3/c1-3-12-32-25-29-20-10-9-17(28-23(30)21-13-16-6-5-11-27-24(16)33-21)14-22(20)34(25,26)19-8-4-7-18(15-19)31-2/h4-11,13-15H,3,12,26H2,1-2H3,(H,28,30). The molecule has 34 heavy (non-hydrogen) atoms. The van der Waals surface area contributed by atoms with Gasteiger partial charge in [-0.1, -0.05) is 41.0 Å². The predicted octanol–water partition coefficient (Wildman–Crippen LogP) is 6.80. The molecule has 1 atom stereocenters. The van der Waals surface area contributed by atoms with E-state index >= 15 is 0 Å². The molecule has 3 heterocycles. The van der Waals surface area contributed by atoms with Crippen LogP contribution in [0.1, 0.15) is 23.0 Å². The van der Waals surface area contributed by atoms with Crippen LogP contribution in [0, 0.1) is 0 Å². The van der Waals surface area contributed by atoms with Gasteiger partial charge in [0.2, 0.25) is 0 Å². The van der Waals surface area contributed by atoms with Crippen LogP contribution in [0.4, 0.5) is 11.4 Å². The second-order valence-electron chi connectivity index (χ2n) is 7.71. The molecule has 1 aliphatic heterocycles. The number of nitrogens with zero attached hydrogens (tertiary/aromatic N) is 2. The number of ether oxygens (including phenoxy) is 1. The van der Waals surface area contributed by atoms with Crippen molar-refractivity contribution in [1.82, 2.24) is 4.98 Å². The highest BCUT2D eigenvalue weighted by Gasteiger charge is 2.38. The number of nitrogens with two attached hydrogens (primary N) is 1. The number of thiophene rings is 1. The number of nitrogens with one attached hydrogen (secondary N) is 1. The number of thioether (sulfide) groups is 1. The number of aliphatic imine (C=N–C) groups is 1. The van der Waals surface area contributed by atoms with Crippen molar-refractivity contribution in [1.29, 1.82) is 0 Å². The third-order valence-electron chi connectivity index (χ3n) is 5.41. The van der Waals surface area contributed by atoms with E-state index < -0.39 is 10.2 Å². The summed E-state index contributed by atoms with van der Waals surface area (Å²) in [6.45, 7) is 2.14. The summed E-state index contributed by atoms with van der Waals surface area (Å²) in [5.74, 6) is 1.53. The first-order chi connectivity index (χ1) is 16.5. The molecule has 0 saturated heterocycles. The largest absolute Gasteiger partial charge is 0.497 e. The zero-order valence-corrected chi connectivity index (χ0v) is 21.2. The van der Waals surface area contributed by atoms with Crippen LogP contribution in [0.15, 0.2) is 81.6 Å². The van der Waals surface area contributed by atoms with Gasteiger partial charge in [-0.2, -0.15) is 0 Å². The minimum absolute atomic E-state index is 0.165. The molecule has 4 aromatic rings. The van der Waals surface area contributed by atoms with E-state index in [0.29, 0.717) is 10.6 Å². The monoisotopic (exact) mass is 508 g/mol. The summed E-state index contributed by atoms with van der Waals surface area (Å²) in [6, 6.07) is 19.4. The first kappa shape index (κ1) is 22.9. The molecule has 1 amide bonds. The summed E-state index contributed by atoms with van der Waals surface area (Å²) in [5, 5.41) is 11.2. The van der Waals surface area contributed by atoms with Crippen LogP contribution in [0.2, 0.25) is 0 Å². The van der Waals surface area contributed by atoms with Crippen molar-refractivity contribution in [2.45, 2.75) is 23.1 Å². The van der Waals surface area contributed by atoms with Crippen molar-refractivity contribution in [3.63, 3.8) is 0 Å². The Labute approximate surface area is 208 Å². The number of fused-ring (bicyclic) bond motifs is 2. The summed E-state index contributed by atoms with van der Waals surface area (Å²) in [7, 11) is -0.406. The van der Waals surface area contributed by atoms with Gasteiger partial charge in [0.25, 0.3) is 5.91 Å². The predicted molar refractivity (Wildman–Crippen MR) is 145 cm³/mol. The first-order valence-electron chi connectivity index (χ1n) is 10.8. The average Bonchev–Trinajstić information content (AvgIpc) is 3.42. The lowest BCUT2D eigenvalue weighted by Crippen LogP contribution is -2.17. The Morgan fingerprint density at radius 3 is 2.85 bits per heavy atom. The number of carbonyl (C=O) groups excluding carboxylic acids is 1. The smallest absolute Gasteiger partial charge is 0.265 e. The highest BCUT2D eigenvalue weighted by atomic mass is 32.3. The van der Waals surface area contributed by atoms with Gasteiger partial charge in [0, 0.05) is 27.1 Å². The Morgan fingerprint density at radius 1 is 1.18 bits per heavy atom. The lowest BCUT2D eigenvalue weighted by Gasteiger charge is -2.33. The van der Waals surface area contributed by atoms with Crippen LogP contribution in [-0.4, -0.2) is 28.1 Å². The number of rotatable bonds is 6. The maximum atomic E-state index is 13.0. The van der Waals surface area contributed by atoms with Gasteiger partial charge in [-0.25, -0.2) is 9.98 Å². The number of methoxy groups -OCH3 is 1. The van der Waals surface area contributed by atoms with E-state index in [1.807, 2.05) is 60.7 Å². The summed E-state index contributed by atoms with van der Waals surface area (Å²) in [4.78, 5) is 25.6. The van der Waals surface area contributed by atoms with Crippen LogP contribution in [-0.2, 0) is 0 Å². The molecule has 9 heteroatoms. The number of benzene rings is 2. The molecule has 0 fully saturated rings. The Morgan fingerprint density at radius 2 is 2.06 bits per heavy atom. The van der Waals surface area contributed by atoms with Crippen LogP contribution in [0.5, 0.6) is 5.75 Å². The lowest BCUT2D eigenvalue weighted by molar-refractivity contribution is 0.103. The Bertz CT molecular complexity index is 1390. The number of anilines is 1. The number of hydrogen-bond acceptors (Lipinski definition) is 7. The molecule has 174 valence electrons. The molecule has 2 aromatic carbocycles. The zero-order chi connectivity index (χ0) is 23.7. The first-order valence-corrected chi connectivity index (χ1v) is 14.3. The van der Waals surface area contributed by atoms with Gasteiger partial charge in [0.05, 0.1) is 17.7 Å². The Hall–Kier alpha value is -2.85. The summed E-state index contributed by atoms with van der Waals surface area (Å²) in [5.41, 5.74) is 1.54. The maximum Gasteiger partial charge on any atom is 0.265 e. The summed E-state index contributed by atoms with van der Waals surface area (Å²) < 4.78 is 6.39. The van der Waals surface area contributed by atoms with Gasteiger partial charge in [0.15, 0.2) is 0 Å². The van der Waals surface area contributed by atoms with Crippen molar-refractivity contribution in [3.8, 4) is 5.75 Å². The Balaban J connectivity index is 1.50. The summed E-state index contributed by atoms with van der Waals surface area (Å²) in [6.07, 6.45) is 2.76. The number of carbonyl (C=O) groups is 1. The van der Waals surface area contributed by atoms with Crippen molar-refractivity contribution in [2.75, 3.05) is 18.2 Å². The average molecular weight is 509 g/mol. The minimum Gasteiger partial charge on any atom is -0.497 e. The fourth-order valence-electron chi connectivity index (χ4n) is 3.73. The van der Waals surface area contributed by atoms with Crippen LogP contribution in [0.3, 0.4) is 0 Å². The quantitative estimate of drug-likeness (QED) is 0.280. The lowest BCUT2D eigenvalue weighted by atomic mass is 10.2. The second-order valence-corrected chi connectivity index (χ2v) is 12.7. The Kier molecular flexibility index (Phi) is 6.35. The molecule has 0 spiro atoms. The molecule has 0 aliphatic carbocycles. The van der Waals surface area contributed by atoms with E-state index in [2.05, 4.69) is 17.2 Å². The summed E-state index contributed by atoms with van der Waals surface area (Å²) >= 11 is 3.08. The highest BCUT2D eigenvalue weighted by Crippen LogP contribution is 2.67. The highest BCUT2D eigenvalue weighted by molar-refractivity contribution is 8.56. The fraction of sp³-hybridized carbons (Fsp3) is 0.160. The molecule has 1 unspecified atom stereocenters. The molecular weight excluding hydrogens is 485 g/mol. The van der Waals surface area contributed by atoms with Gasteiger partial charge in [-0.15, -0.1) is 11.3 Å². The van der Waals surface area contributed by atoms with Gasteiger partial charge < -0.3 is 10.1 Å². The molecule has 3 N–H and O–H groups in total. The van der Waals surface area contributed by atoms with Crippen molar-refractivity contribution in [2.24, 2.45) is 10.1 Å². The molecule has 0 radical (unpaired) electrons. The molecule has 0 bridgehead atoms. The van der Waals surface area contributed by atoms with E-state index in [1.54, 1.807) is 25.1 Å². The number of amides is 1. The van der Waals surface area contributed by atoms with Crippen LogP contribution >= 0.6 is 33.3 Å².